The van der Waals surface area contributed by atoms with Crippen molar-refractivity contribution >= 4 is 5.95 Å². The lowest BCUT2D eigenvalue weighted by atomic mass is 9.89. The van der Waals surface area contributed by atoms with E-state index in [1.165, 1.54) is 12.0 Å². The fourth-order valence-corrected chi connectivity index (χ4v) is 2.24. The normalized spacial score (nSPS) is 20.1. The molecule has 1 aromatic heterocycles. The number of nitrogens with zero attached hydrogens (tertiary/aromatic N) is 3. The summed E-state index contributed by atoms with van der Waals surface area (Å²) in [4.78, 5) is 11.1. The van der Waals surface area contributed by atoms with Crippen molar-refractivity contribution in [3.63, 3.8) is 0 Å². The van der Waals surface area contributed by atoms with Gasteiger partial charge in [-0.3, -0.25) is 0 Å². The van der Waals surface area contributed by atoms with Crippen LogP contribution >= 0.6 is 0 Å². The molecular weight excluding hydrogens is 224 g/mol. The molecule has 4 heteroatoms. The average Bonchev–Trinajstić information content (AvgIpc) is 2.81. The number of anilines is 1. The molecule has 1 aliphatic rings. The molecule has 100 valence electrons. The quantitative estimate of drug-likeness (QED) is 0.886. The van der Waals surface area contributed by atoms with Gasteiger partial charge in [0.15, 0.2) is 0 Å². The molecule has 0 radical (unpaired) electrons. The lowest BCUT2D eigenvalue weighted by Crippen LogP contribution is -2.28. The third-order valence-corrected chi connectivity index (χ3v) is 3.54. The number of hydrogen-bond acceptors (Lipinski definition) is 4. The summed E-state index contributed by atoms with van der Waals surface area (Å²) in [6.45, 7) is 9.83. The minimum Gasteiger partial charge on any atom is -0.344 e. The van der Waals surface area contributed by atoms with Crippen LogP contribution in [-0.2, 0) is 5.41 Å². The highest BCUT2D eigenvalue weighted by molar-refractivity contribution is 5.30. The van der Waals surface area contributed by atoms with Crippen LogP contribution < -0.4 is 10.2 Å². The lowest BCUT2D eigenvalue weighted by Gasteiger charge is -2.22. The SMILES string of the molecule is CN(CC1CCNC1)c1ncc(C(C)(C)C)cn1. The van der Waals surface area contributed by atoms with Crippen molar-refractivity contribution in [2.75, 3.05) is 31.6 Å². The molecule has 1 saturated heterocycles. The van der Waals surface area contributed by atoms with E-state index in [1.807, 2.05) is 12.4 Å². The van der Waals surface area contributed by atoms with E-state index in [0.29, 0.717) is 0 Å². The first kappa shape index (κ1) is 13.3. The van der Waals surface area contributed by atoms with E-state index in [1.54, 1.807) is 0 Å². The molecule has 1 unspecified atom stereocenters. The Morgan fingerprint density at radius 3 is 2.50 bits per heavy atom. The molecule has 1 atom stereocenters. The molecule has 18 heavy (non-hydrogen) atoms. The molecule has 0 aromatic carbocycles. The van der Waals surface area contributed by atoms with E-state index >= 15 is 0 Å². The van der Waals surface area contributed by atoms with Crippen molar-refractivity contribution in [3.05, 3.63) is 18.0 Å². The van der Waals surface area contributed by atoms with Crippen LogP contribution in [0.2, 0.25) is 0 Å². The standard InChI is InChI=1S/C14H24N4/c1-14(2,3)12-8-16-13(17-9-12)18(4)10-11-5-6-15-7-11/h8-9,11,15H,5-7,10H2,1-4H3. The predicted molar refractivity (Wildman–Crippen MR) is 75.0 cm³/mol. The van der Waals surface area contributed by atoms with Gasteiger partial charge in [-0.1, -0.05) is 20.8 Å². The van der Waals surface area contributed by atoms with Crippen molar-refractivity contribution in [2.24, 2.45) is 5.92 Å². The van der Waals surface area contributed by atoms with Crippen LogP contribution in [0.3, 0.4) is 0 Å². The van der Waals surface area contributed by atoms with Crippen LogP contribution in [0.15, 0.2) is 12.4 Å². The molecule has 1 aliphatic heterocycles. The summed E-state index contributed by atoms with van der Waals surface area (Å²) in [5, 5.41) is 3.39. The fraction of sp³-hybridized carbons (Fsp3) is 0.714. The Labute approximate surface area is 110 Å². The van der Waals surface area contributed by atoms with Crippen molar-refractivity contribution < 1.29 is 0 Å². The number of hydrogen-bond donors (Lipinski definition) is 1. The summed E-state index contributed by atoms with van der Waals surface area (Å²) >= 11 is 0. The van der Waals surface area contributed by atoms with Crippen LogP contribution in [0.25, 0.3) is 0 Å². The van der Waals surface area contributed by atoms with Crippen molar-refractivity contribution in [2.45, 2.75) is 32.6 Å². The molecule has 1 N–H and O–H groups in total. The molecule has 0 bridgehead atoms. The Kier molecular flexibility index (Phi) is 3.85. The summed E-state index contributed by atoms with van der Waals surface area (Å²) in [5.74, 6) is 1.55. The van der Waals surface area contributed by atoms with Crippen molar-refractivity contribution in [3.8, 4) is 0 Å². The summed E-state index contributed by atoms with van der Waals surface area (Å²) in [5.41, 5.74) is 1.30. The molecule has 1 fully saturated rings. The minimum atomic E-state index is 0.118. The number of rotatable bonds is 3. The molecule has 4 nitrogen and oxygen atoms in total. The van der Waals surface area contributed by atoms with Gasteiger partial charge >= 0.3 is 0 Å². The maximum Gasteiger partial charge on any atom is 0.225 e. The van der Waals surface area contributed by atoms with E-state index in [9.17, 15) is 0 Å². The van der Waals surface area contributed by atoms with Gasteiger partial charge in [0.25, 0.3) is 0 Å². The maximum atomic E-state index is 4.48. The average molecular weight is 248 g/mol. The van der Waals surface area contributed by atoms with E-state index in [2.05, 4.69) is 48.0 Å². The zero-order chi connectivity index (χ0) is 13.2. The summed E-state index contributed by atoms with van der Waals surface area (Å²) in [6.07, 6.45) is 5.15. The second-order valence-corrected chi connectivity index (χ2v) is 6.26. The lowest BCUT2D eigenvalue weighted by molar-refractivity contribution is 0.567. The van der Waals surface area contributed by atoms with E-state index in [0.717, 1.165) is 31.5 Å². The maximum absolute atomic E-state index is 4.48. The van der Waals surface area contributed by atoms with Gasteiger partial charge in [0, 0.05) is 26.0 Å². The molecule has 2 rings (SSSR count). The van der Waals surface area contributed by atoms with Crippen LogP contribution in [0.4, 0.5) is 5.95 Å². The Balaban J connectivity index is 2.00. The van der Waals surface area contributed by atoms with Gasteiger partial charge in [0.1, 0.15) is 0 Å². The zero-order valence-electron chi connectivity index (χ0n) is 11.9. The van der Waals surface area contributed by atoms with Crippen molar-refractivity contribution in [1.82, 2.24) is 15.3 Å². The van der Waals surface area contributed by atoms with Crippen LogP contribution in [0, 0.1) is 5.92 Å². The van der Waals surface area contributed by atoms with Gasteiger partial charge < -0.3 is 10.2 Å². The van der Waals surface area contributed by atoms with Crippen LogP contribution in [-0.4, -0.2) is 36.6 Å². The molecule has 0 aliphatic carbocycles. The molecule has 0 amide bonds. The molecule has 0 saturated carbocycles. The monoisotopic (exact) mass is 248 g/mol. The third-order valence-electron chi connectivity index (χ3n) is 3.54. The van der Waals surface area contributed by atoms with Gasteiger partial charge in [-0.2, -0.15) is 0 Å². The van der Waals surface area contributed by atoms with E-state index in [-0.39, 0.29) is 5.41 Å². The first-order valence-electron chi connectivity index (χ1n) is 6.71. The topological polar surface area (TPSA) is 41.0 Å². The van der Waals surface area contributed by atoms with Crippen molar-refractivity contribution in [1.29, 1.82) is 0 Å². The molecule has 0 spiro atoms. The highest BCUT2D eigenvalue weighted by Gasteiger charge is 2.19. The van der Waals surface area contributed by atoms with Gasteiger partial charge in [0.2, 0.25) is 5.95 Å². The van der Waals surface area contributed by atoms with Gasteiger partial charge in [-0.15, -0.1) is 0 Å². The first-order chi connectivity index (χ1) is 8.47. The van der Waals surface area contributed by atoms with Gasteiger partial charge in [-0.05, 0) is 36.4 Å². The minimum absolute atomic E-state index is 0.118. The molecule has 1 aromatic rings. The Hall–Kier alpha value is -1.16. The highest BCUT2D eigenvalue weighted by atomic mass is 15.2. The van der Waals surface area contributed by atoms with Crippen LogP contribution in [0.5, 0.6) is 0 Å². The number of nitrogens with one attached hydrogen (secondary N) is 1. The summed E-state index contributed by atoms with van der Waals surface area (Å²) in [7, 11) is 2.07. The van der Waals surface area contributed by atoms with E-state index in [4.69, 9.17) is 0 Å². The second-order valence-electron chi connectivity index (χ2n) is 6.26. The molecular formula is C14H24N4. The third kappa shape index (κ3) is 3.19. The van der Waals surface area contributed by atoms with E-state index < -0.39 is 0 Å². The summed E-state index contributed by atoms with van der Waals surface area (Å²) in [6, 6.07) is 0. The van der Waals surface area contributed by atoms with Crippen LogP contribution in [0.1, 0.15) is 32.8 Å². The zero-order valence-corrected chi connectivity index (χ0v) is 11.9. The number of aromatic nitrogens is 2. The Morgan fingerprint density at radius 2 is 2.00 bits per heavy atom. The highest BCUT2D eigenvalue weighted by Crippen LogP contribution is 2.21. The summed E-state index contributed by atoms with van der Waals surface area (Å²) < 4.78 is 0. The molecule has 2 heterocycles. The first-order valence-corrected chi connectivity index (χ1v) is 6.71. The van der Waals surface area contributed by atoms with Gasteiger partial charge in [0.05, 0.1) is 0 Å². The largest absolute Gasteiger partial charge is 0.344 e. The smallest absolute Gasteiger partial charge is 0.225 e. The van der Waals surface area contributed by atoms with Gasteiger partial charge in [-0.25, -0.2) is 9.97 Å². The fourth-order valence-electron chi connectivity index (χ4n) is 2.24. The predicted octanol–water partition coefficient (Wildman–Crippen LogP) is 1.82. The second kappa shape index (κ2) is 5.22. The Morgan fingerprint density at radius 1 is 1.33 bits per heavy atom. The Bertz CT molecular complexity index is 374.